The highest BCUT2D eigenvalue weighted by Crippen LogP contribution is 2.37. The van der Waals surface area contributed by atoms with Crippen LogP contribution in [0.25, 0.3) is 10.8 Å². The first-order chi connectivity index (χ1) is 13.6. The molecule has 0 saturated carbocycles. The third kappa shape index (κ3) is 4.44. The van der Waals surface area contributed by atoms with E-state index in [0.29, 0.717) is 12.0 Å². The Labute approximate surface area is 168 Å². The molecule has 0 fully saturated rings. The van der Waals surface area contributed by atoms with E-state index in [1.54, 1.807) is 18.0 Å². The minimum Gasteiger partial charge on any atom is -0.550 e. The van der Waals surface area contributed by atoms with E-state index in [1.807, 2.05) is 55.7 Å². The Bertz CT molecular complexity index is 1030. The minimum atomic E-state index is -0.998. The summed E-state index contributed by atoms with van der Waals surface area (Å²) in [6.07, 6.45) is 5.12. The molecule has 1 aromatic heterocycles. The van der Waals surface area contributed by atoms with Gasteiger partial charge in [0.05, 0.1) is 23.5 Å². The fourth-order valence-electron chi connectivity index (χ4n) is 3.10. The lowest BCUT2D eigenvalue weighted by Crippen LogP contribution is -2.21. The van der Waals surface area contributed by atoms with Crippen LogP contribution in [0.5, 0.6) is 0 Å². The standard InChI is InChI=1S/C22H21N3O2S/c1-25(19-10-9-16(14-23)17-6-2-3-7-18(17)19)20-15-24-12-11-21(20)28-13-5-4-8-22(26)27/h2-3,6-7,9-12,15H,4-5,8,13H2,1H3,(H,26,27)/p-1. The number of fused-ring (bicyclic) bond motifs is 1. The number of carbonyl (C=O) groups is 1. The Morgan fingerprint density at radius 2 is 1.93 bits per heavy atom. The zero-order valence-corrected chi connectivity index (χ0v) is 16.4. The predicted octanol–water partition coefficient (Wildman–Crippen LogP) is 3.89. The van der Waals surface area contributed by atoms with Gasteiger partial charge in [-0.15, -0.1) is 11.8 Å². The van der Waals surface area contributed by atoms with Gasteiger partial charge in [0.1, 0.15) is 0 Å². The largest absolute Gasteiger partial charge is 0.550 e. The number of nitriles is 1. The highest BCUT2D eigenvalue weighted by Gasteiger charge is 2.14. The number of carboxylic acids is 1. The molecule has 28 heavy (non-hydrogen) atoms. The zero-order chi connectivity index (χ0) is 19.9. The molecule has 1 heterocycles. The molecule has 5 nitrogen and oxygen atoms in total. The topological polar surface area (TPSA) is 80.1 Å². The van der Waals surface area contributed by atoms with Gasteiger partial charge in [0.15, 0.2) is 0 Å². The van der Waals surface area contributed by atoms with Gasteiger partial charge in [-0.1, -0.05) is 24.3 Å². The molecule has 142 valence electrons. The van der Waals surface area contributed by atoms with Gasteiger partial charge in [0, 0.05) is 40.6 Å². The maximum atomic E-state index is 10.5. The van der Waals surface area contributed by atoms with Gasteiger partial charge >= 0.3 is 0 Å². The second-order valence-corrected chi connectivity index (χ2v) is 7.51. The molecule has 0 saturated heterocycles. The third-order valence-corrected chi connectivity index (χ3v) is 5.69. The summed E-state index contributed by atoms with van der Waals surface area (Å²) >= 11 is 1.69. The van der Waals surface area contributed by atoms with Crippen molar-refractivity contribution in [1.82, 2.24) is 4.98 Å². The molecule has 0 spiro atoms. The van der Waals surface area contributed by atoms with Crippen LogP contribution < -0.4 is 10.0 Å². The quantitative estimate of drug-likeness (QED) is 0.429. The first kappa shape index (κ1) is 19.7. The molecule has 0 aliphatic heterocycles. The average Bonchev–Trinajstić information content (AvgIpc) is 2.72. The van der Waals surface area contributed by atoms with E-state index in [0.717, 1.165) is 39.2 Å². The molecule has 0 unspecified atom stereocenters. The van der Waals surface area contributed by atoms with Crippen molar-refractivity contribution < 1.29 is 9.90 Å². The number of thioether (sulfide) groups is 1. The van der Waals surface area contributed by atoms with E-state index < -0.39 is 5.97 Å². The number of benzene rings is 2. The van der Waals surface area contributed by atoms with Crippen LogP contribution in [0.2, 0.25) is 0 Å². The molecule has 0 amide bonds. The molecule has 0 atom stereocenters. The number of carboxylic acid groups (broad SMARTS) is 1. The van der Waals surface area contributed by atoms with Crippen molar-refractivity contribution in [2.45, 2.75) is 24.2 Å². The number of nitrogens with zero attached hydrogens (tertiary/aromatic N) is 3. The summed E-state index contributed by atoms with van der Waals surface area (Å²) in [5.74, 6) is -0.172. The van der Waals surface area contributed by atoms with Crippen LogP contribution in [-0.4, -0.2) is 23.8 Å². The lowest BCUT2D eigenvalue weighted by Gasteiger charge is -2.23. The summed E-state index contributed by atoms with van der Waals surface area (Å²) in [6, 6.07) is 15.9. The van der Waals surface area contributed by atoms with Crippen molar-refractivity contribution in [1.29, 1.82) is 5.26 Å². The van der Waals surface area contributed by atoms with Gasteiger partial charge in [-0.05, 0) is 43.2 Å². The molecule has 0 aliphatic carbocycles. The average molecular weight is 390 g/mol. The molecule has 3 rings (SSSR count). The van der Waals surface area contributed by atoms with Crippen molar-refractivity contribution in [3.8, 4) is 6.07 Å². The monoisotopic (exact) mass is 390 g/mol. The van der Waals surface area contributed by atoms with Gasteiger partial charge in [0.25, 0.3) is 0 Å². The maximum absolute atomic E-state index is 10.5. The summed E-state index contributed by atoms with van der Waals surface area (Å²) in [5, 5.41) is 21.9. The van der Waals surface area contributed by atoms with Crippen molar-refractivity contribution in [3.63, 3.8) is 0 Å². The predicted molar refractivity (Wildman–Crippen MR) is 111 cm³/mol. The minimum absolute atomic E-state index is 0.0981. The first-order valence-corrected chi connectivity index (χ1v) is 10.0. The Hall–Kier alpha value is -3.04. The van der Waals surface area contributed by atoms with E-state index in [9.17, 15) is 15.2 Å². The van der Waals surface area contributed by atoms with Crippen LogP contribution in [0.1, 0.15) is 24.8 Å². The smallest absolute Gasteiger partial charge is 0.0998 e. The van der Waals surface area contributed by atoms with E-state index in [2.05, 4.69) is 16.0 Å². The normalized spacial score (nSPS) is 10.6. The van der Waals surface area contributed by atoms with Crippen LogP contribution in [0, 0.1) is 11.3 Å². The van der Waals surface area contributed by atoms with E-state index in [-0.39, 0.29) is 6.42 Å². The fraction of sp³-hybridized carbons (Fsp3) is 0.227. The summed E-state index contributed by atoms with van der Waals surface area (Å²) in [5.41, 5.74) is 2.63. The first-order valence-electron chi connectivity index (χ1n) is 9.04. The molecule has 0 aliphatic rings. The molecule has 2 aromatic carbocycles. The summed E-state index contributed by atoms with van der Waals surface area (Å²) in [6.45, 7) is 0. The number of unbranched alkanes of at least 4 members (excludes halogenated alkanes) is 1. The number of pyridine rings is 1. The van der Waals surface area contributed by atoms with Crippen molar-refractivity contribution in [3.05, 3.63) is 60.4 Å². The molecule has 0 bridgehead atoms. The Morgan fingerprint density at radius 1 is 1.14 bits per heavy atom. The van der Waals surface area contributed by atoms with E-state index >= 15 is 0 Å². The Balaban J connectivity index is 1.86. The summed E-state index contributed by atoms with van der Waals surface area (Å²) < 4.78 is 0. The summed E-state index contributed by atoms with van der Waals surface area (Å²) in [4.78, 5) is 18.0. The number of aromatic nitrogens is 1. The Morgan fingerprint density at radius 3 is 2.68 bits per heavy atom. The van der Waals surface area contributed by atoms with Gasteiger partial charge in [-0.3, -0.25) is 4.98 Å². The Kier molecular flexibility index (Phi) is 6.51. The highest BCUT2D eigenvalue weighted by molar-refractivity contribution is 7.99. The third-order valence-electron chi connectivity index (χ3n) is 4.54. The van der Waals surface area contributed by atoms with Crippen LogP contribution in [0.15, 0.2) is 59.8 Å². The van der Waals surface area contributed by atoms with Crippen molar-refractivity contribution >= 4 is 39.9 Å². The number of anilines is 2. The van der Waals surface area contributed by atoms with Crippen LogP contribution in [0.4, 0.5) is 11.4 Å². The number of rotatable bonds is 8. The molecular weight excluding hydrogens is 370 g/mol. The summed E-state index contributed by atoms with van der Waals surface area (Å²) in [7, 11) is 1.99. The zero-order valence-electron chi connectivity index (χ0n) is 15.6. The van der Waals surface area contributed by atoms with Crippen molar-refractivity contribution in [2.24, 2.45) is 0 Å². The van der Waals surface area contributed by atoms with Crippen LogP contribution in [-0.2, 0) is 4.79 Å². The highest BCUT2D eigenvalue weighted by atomic mass is 32.2. The lowest BCUT2D eigenvalue weighted by atomic mass is 10.0. The van der Waals surface area contributed by atoms with E-state index in [1.165, 1.54) is 0 Å². The van der Waals surface area contributed by atoms with Crippen molar-refractivity contribution in [2.75, 3.05) is 17.7 Å². The molecule has 6 heteroatoms. The number of hydrogen-bond donors (Lipinski definition) is 0. The molecule has 3 aromatic rings. The SMILES string of the molecule is CN(c1cnccc1SCCCCC(=O)[O-])c1ccc(C#N)c2ccccc12. The maximum Gasteiger partial charge on any atom is 0.0998 e. The second kappa shape index (κ2) is 9.25. The van der Waals surface area contributed by atoms with Gasteiger partial charge in [-0.25, -0.2) is 0 Å². The van der Waals surface area contributed by atoms with Gasteiger partial charge in [-0.2, -0.15) is 5.26 Å². The molecular formula is C22H20N3O2S-. The number of aliphatic carboxylic acids is 1. The second-order valence-electron chi connectivity index (χ2n) is 6.37. The fourth-order valence-corrected chi connectivity index (χ4v) is 4.17. The lowest BCUT2D eigenvalue weighted by molar-refractivity contribution is -0.305. The van der Waals surface area contributed by atoms with Gasteiger partial charge < -0.3 is 14.8 Å². The number of hydrogen-bond acceptors (Lipinski definition) is 6. The van der Waals surface area contributed by atoms with Gasteiger partial charge in [0.2, 0.25) is 0 Å². The van der Waals surface area contributed by atoms with E-state index in [4.69, 9.17) is 0 Å². The van der Waals surface area contributed by atoms with Crippen LogP contribution >= 0.6 is 11.8 Å². The number of carbonyl (C=O) groups excluding carboxylic acids is 1. The molecule has 0 radical (unpaired) electrons. The van der Waals surface area contributed by atoms with Crippen LogP contribution in [0.3, 0.4) is 0 Å². The molecule has 0 N–H and O–H groups in total.